The van der Waals surface area contributed by atoms with Crippen LogP contribution in [0.2, 0.25) is 5.02 Å². The second-order valence-electron chi connectivity index (χ2n) is 5.04. The van der Waals surface area contributed by atoms with Crippen molar-refractivity contribution < 1.29 is 4.74 Å². The average molecular weight is 240 g/mol. The Hall–Kier alpha value is -0.730. The monoisotopic (exact) mass is 239 g/mol. The van der Waals surface area contributed by atoms with Crippen molar-refractivity contribution in [2.75, 3.05) is 13.7 Å². The lowest BCUT2D eigenvalue weighted by molar-refractivity contribution is 0.415. The van der Waals surface area contributed by atoms with E-state index in [-0.39, 0.29) is 0 Å². The SMILES string of the molecule is COc1ccc(C2C(CN)C2(C)C)cc1Cl. The number of ether oxygens (including phenoxy) is 1. The highest BCUT2D eigenvalue weighted by Gasteiger charge is 2.57. The molecule has 0 heterocycles. The molecule has 1 aromatic carbocycles. The zero-order valence-electron chi connectivity index (χ0n) is 9.96. The number of rotatable bonds is 3. The maximum Gasteiger partial charge on any atom is 0.137 e. The molecule has 0 spiro atoms. The third-order valence-electron chi connectivity index (χ3n) is 3.84. The van der Waals surface area contributed by atoms with Crippen LogP contribution < -0.4 is 10.5 Å². The third-order valence-corrected chi connectivity index (χ3v) is 4.13. The summed E-state index contributed by atoms with van der Waals surface area (Å²) in [5, 5.41) is 0.679. The van der Waals surface area contributed by atoms with Gasteiger partial charge in [-0.05, 0) is 41.5 Å². The normalized spacial score (nSPS) is 26.6. The summed E-state index contributed by atoms with van der Waals surface area (Å²) in [6, 6.07) is 6.02. The van der Waals surface area contributed by atoms with Crippen molar-refractivity contribution in [3.8, 4) is 5.75 Å². The van der Waals surface area contributed by atoms with Crippen molar-refractivity contribution in [2.45, 2.75) is 19.8 Å². The Bertz CT molecular complexity index is 403. The largest absolute Gasteiger partial charge is 0.495 e. The van der Waals surface area contributed by atoms with E-state index in [0.29, 0.717) is 22.3 Å². The molecule has 0 radical (unpaired) electrons. The van der Waals surface area contributed by atoms with Gasteiger partial charge in [0.05, 0.1) is 12.1 Å². The van der Waals surface area contributed by atoms with E-state index in [1.165, 1.54) is 5.56 Å². The molecule has 0 saturated heterocycles. The van der Waals surface area contributed by atoms with Crippen LogP contribution in [-0.4, -0.2) is 13.7 Å². The van der Waals surface area contributed by atoms with Gasteiger partial charge in [-0.15, -0.1) is 0 Å². The molecule has 0 bridgehead atoms. The molecule has 1 saturated carbocycles. The number of nitrogens with two attached hydrogens (primary N) is 1. The van der Waals surface area contributed by atoms with Crippen LogP contribution in [0.4, 0.5) is 0 Å². The van der Waals surface area contributed by atoms with Crippen LogP contribution in [0.15, 0.2) is 18.2 Å². The summed E-state index contributed by atoms with van der Waals surface area (Å²) >= 11 is 6.13. The van der Waals surface area contributed by atoms with Crippen LogP contribution in [-0.2, 0) is 0 Å². The standard InChI is InChI=1S/C13H18ClNO/c1-13(2)9(7-15)12(13)8-4-5-11(16-3)10(14)6-8/h4-6,9,12H,7,15H2,1-3H3. The zero-order chi connectivity index (χ0) is 11.9. The number of hydrogen-bond acceptors (Lipinski definition) is 2. The fourth-order valence-electron chi connectivity index (χ4n) is 2.72. The van der Waals surface area contributed by atoms with Gasteiger partial charge in [-0.25, -0.2) is 0 Å². The highest BCUT2D eigenvalue weighted by atomic mass is 35.5. The van der Waals surface area contributed by atoms with E-state index >= 15 is 0 Å². The minimum Gasteiger partial charge on any atom is -0.495 e. The van der Waals surface area contributed by atoms with Crippen molar-refractivity contribution in [3.05, 3.63) is 28.8 Å². The number of methoxy groups -OCH3 is 1. The van der Waals surface area contributed by atoms with Gasteiger partial charge < -0.3 is 10.5 Å². The number of benzene rings is 1. The lowest BCUT2D eigenvalue weighted by Crippen LogP contribution is -2.05. The number of hydrogen-bond donors (Lipinski definition) is 1. The molecule has 2 rings (SSSR count). The molecule has 1 aliphatic rings. The third kappa shape index (κ3) is 1.70. The molecule has 1 aromatic rings. The molecular formula is C13H18ClNO. The van der Waals surface area contributed by atoms with Gasteiger partial charge in [0.25, 0.3) is 0 Å². The topological polar surface area (TPSA) is 35.2 Å². The average Bonchev–Trinajstić information content (AvgIpc) is 2.80. The van der Waals surface area contributed by atoms with Crippen molar-refractivity contribution in [2.24, 2.45) is 17.1 Å². The Labute approximate surface area is 102 Å². The number of halogens is 1. The van der Waals surface area contributed by atoms with E-state index in [9.17, 15) is 0 Å². The molecule has 1 aliphatic carbocycles. The van der Waals surface area contributed by atoms with Crippen molar-refractivity contribution in [1.29, 1.82) is 0 Å². The van der Waals surface area contributed by atoms with Crippen molar-refractivity contribution >= 4 is 11.6 Å². The van der Waals surface area contributed by atoms with Gasteiger partial charge in [0.15, 0.2) is 0 Å². The summed E-state index contributed by atoms with van der Waals surface area (Å²) in [5.41, 5.74) is 7.34. The Kier molecular flexibility index (Phi) is 2.89. The van der Waals surface area contributed by atoms with Crippen molar-refractivity contribution in [1.82, 2.24) is 0 Å². The van der Waals surface area contributed by atoms with Crippen LogP contribution in [0, 0.1) is 11.3 Å². The first-order valence-corrected chi connectivity index (χ1v) is 5.93. The Balaban J connectivity index is 2.27. The minimum atomic E-state index is 0.298. The van der Waals surface area contributed by atoms with Gasteiger partial charge in [0.1, 0.15) is 5.75 Å². The Morgan fingerprint density at radius 3 is 2.56 bits per heavy atom. The highest BCUT2D eigenvalue weighted by molar-refractivity contribution is 6.32. The predicted octanol–water partition coefficient (Wildman–Crippen LogP) is 3.05. The molecule has 2 unspecified atom stereocenters. The molecule has 0 aromatic heterocycles. The van der Waals surface area contributed by atoms with Crippen molar-refractivity contribution in [3.63, 3.8) is 0 Å². The molecule has 2 N–H and O–H groups in total. The van der Waals surface area contributed by atoms with Crippen LogP contribution in [0.3, 0.4) is 0 Å². The van der Waals surface area contributed by atoms with E-state index in [1.54, 1.807) is 7.11 Å². The van der Waals surface area contributed by atoms with E-state index < -0.39 is 0 Å². The second-order valence-corrected chi connectivity index (χ2v) is 5.44. The van der Waals surface area contributed by atoms with Gasteiger partial charge >= 0.3 is 0 Å². The molecule has 88 valence electrons. The summed E-state index contributed by atoms with van der Waals surface area (Å²) < 4.78 is 5.15. The first-order chi connectivity index (χ1) is 7.52. The van der Waals surface area contributed by atoms with E-state index in [0.717, 1.165) is 12.3 Å². The first kappa shape index (κ1) is 11.7. The van der Waals surface area contributed by atoms with Crippen LogP contribution >= 0.6 is 11.6 Å². The maximum atomic E-state index is 6.13. The summed E-state index contributed by atoms with van der Waals surface area (Å²) in [4.78, 5) is 0. The Morgan fingerprint density at radius 2 is 2.12 bits per heavy atom. The first-order valence-electron chi connectivity index (χ1n) is 5.56. The van der Waals surface area contributed by atoms with Gasteiger partial charge in [0, 0.05) is 0 Å². The van der Waals surface area contributed by atoms with Crippen LogP contribution in [0.1, 0.15) is 25.3 Å². The lowest BCUT2D eigenvalue weighted by atomic mass is 10.0. The molecule has 2 nitrogen and oxygen atoms in total. The molecular weight excluding hydrogens is 222 g/mol. The van der Waals surface area contributed by atoms with Crippen LogP contribution in [0.5, 0.6) is 5.75 Å². The second kappa shape index (κ2) is 3.94. The van der Waals surface area contributed by atoms with Gasteiger partial charge in [-0.2, -0.15) is 0 Å². The highest BCUT2D eigenvalue weighted by Crippen LogP contribution is 2.64. The molecule has 1 fully saturated rings. The van der Waals surface area contributed by atoms with Crippen LogP contribution in [0.25, 0.3) is 0 Å². The van der Waals surface area contributed by atoms with Gasteiger partial charge in [-0.1, -0.05) is 31.5 Å². The van der Waals surface area contributed by atoms with E-state index in [2.05, 4.69) is 19.9 Å². The molecule has 0 amide bonds. The summed E-state index contributed by atoms with van der Waals surface area (Å²) in [6.07, 6.45) is 0. The summed E-state index contributed by atoms with van der Waals surface area (Å²) in [5.74, 6) is 1.83. The molecule has 0 aliphatic heterocycles. The summed E-state index contributed by atoms with van der Waals surface area (Å²) in [6.45, 7) is 5.25. The minimum absolute atomic E-state index is 0.298. The smallest absolute Gasteiger partial charge is 0.137 e. The quantitative estimate of drug-likeness (QED) is 0.880. The molecule has 2 atom stereocenters. The van der Waals surface area contributed by atoms with Gasteiger partial charge in [0.2, 0.25) is 0 Å². The fraction of sp³-hybridized carbons (Fsp3) is 0.538. The zero-order valence-corrected chi connectivity index (χ0v) is 10.7. The van der Waals surface area contributed by atoms with E-state index in [1.807, 2.05) is 12.1 Å². The van der Waals surface area contributed by atoms with Gasteiger partial charge in [-0.3, -0.25) is 0 Å². The maximum absolute atomic E-state index is 6.13. The fourth-order valence-corrected chi connectivity index (χ4v) is 2.99. The van der Waals surface area contributed by atoms with E-state index in [4.69, 9.17) is 22.1 Å². The Morgan fingerprint density at radius 1 is 1.44 bits per heavy atom. The summed E-state index contributed by atoms with van der Waals surface area (Å²) in [7, 11) is 1.63. The lowest BCUT2D eigenvalue weighted by Gasteiger charge is -2.07. The molecule has 16 heavy (non-hydrogen) atoms. The predicted molar refractivity (Wildman–Crippen MR) is 67.1 cm³/mol. The molecule has 3 heteroatoms.